The third-order valence-corrected chi connectivity index (χ3v) is 3.18. The van der Waals surface area contributed by atoms with Gasteiger partial charge in [0.15, 0.2) is 5.78 Å². The fourth-order valence-electron chi connectivity index (χ4n) is 1.99. The summed E-state index contributed by atoms with van der Waals surface area (Å²) in [6.07, 6.45) is 5.45. The minimum Gasteiger partial charge on any atom is -0.484 e. The summed E-state index contributed by atoms with van der Waals surface area (Å²) in [6.45, 7) is 4.11. The second-order valence-corrected chi connectivity index (χ2v) is 3.96. The van der Waals surface area contributed by atoms with Crippen LogP contribution in [0.1, 0.15) is 43.5 Å². The van der Waals surface area contributed by atoms with Crippen LogP contribution >= 0.6 is 0 Å². The van der Waals surface area contributed by atoms with Crippen molar-refractivity contribution in [3.05, 3.63) is 24.0 Å². The third-order valence-electron chi connectivity index (χ3n) is 3.18. The van der Waals surface area contributed by atoms with Crippen molar-refractivity contribution in [1.82, 2.24) is 4.98 Å². The lowest BCUT2D eigenvalue weighted by Gasteiger charge is -2.36. The van der Waals surface area contributed by atoms with Gasteiger partial charge in [-0.25, -0.2) is 0 Å². The van der Waals surface area contributed by atoms with Gasteiger partial charge in [0, 0.05) is 6.20 Å². The lowest BCUT2D eigenvalue weighted by molar-refractivity contribution is 0.0346. The van der Waals surface area contributed by atoms with E-state index in [4.69, 9.17) is 4.74 Å². The highest BCUT2D eigenvalue weighted by atomic mass is 16.5. The van der Waals surface area contributed by atoms with Crippen LogP contribution < -0.4 is 4.74 Å². The molecule has 2 rings (SSSR count). The summed E-state index contributed by atoms with van der Waals surface area (Å²) >= 11 is 0. The Labute approximate surface area is 89.5 Å². The summed E-state index contributed by atoms with van der Waals surface area (Å²) in [5.41, 5.74) is 0.357. The van der Waals surface area contributed by atoms with E-state index in [9.17, 15) is 4.79 Å². The maximum absolute atomic E-state index is 11.9. The standard InChI is InChI=1S/C12H15NO2/c1-3-12(4-2)7-10(14)9-5-6-13-8-11(9)15-12/h5-6,8H,3-4,7H2,1-2H3. The largest absolute Gasteiger partial charge is 0.484 e. The second kappa shape index (κ2) is 3.65. The van der Waals surface area contributed by atoms with Crippen LogP contribution in [0.5, 0.6) is 5.75 Å². The monoisotopic (exact) mass is 205 g/mol. The molecule has 0 saturated heterocycles. The number of nitrogens with zero attached hydrogens (tertiary/aromatic N) is 1. The van der Waals surface area contributed by atoms with Gasteiger partial charge in [-0.1, -0.05) is 13.8 Å². The molecule has 3 nitrogen and oxygen atoms in total. The van der Waals surface area contributed by atoms with Gasteiger partial charge in [0.1, 0.15) is 11.4 Å². The van der Waals surface area contributed by atoms with Crippen molar-refractivity contribution < 1.29 is 9.53 Å². The summed E-state index contributed by atoms with van der Waals surface area (Å²) in [5.74, 6) is 0.805. The fourth-order valence-corrected chi connectivity index (χ4v) is 1.99. The number of hydrogen-bond donors (Lipinski definition) is 0. The molecule has 1 aromatic heterocycles. The van der Waals surface area contributed by atoms with E-state index in [0.29, 0.717) is 17.7 Å². The molecule has 0 atom stereocenters. The van der Waals surface area contributed by atoms with Crippen molar-refractivity contribution in [1.29, 1.82) is 0 Å². The highest BCUT2D eigenvalue weighted by Gasteiger charge is 2.37. The molecule has 2 heterocycles. The summed E-state index contributed by atoms with van der Waals surface area (Å²) in [6, 6.07) is 1.73. The summed E-state index contributed by atoms with van der Waals surface area (Å²) < 4.78 is 5.90. The summed E-state index contributed by atoms with van der Waals surface area (Å²) in [4.78, 5) is 15.9. The molecule has 1 aliphatic rings. The van der Waals surface area contributed by atoms with Crippen molar-refractivity contribution in [3.63, 3.8) is 0 Å². The molecule has 0 bridgehead atoms. The molecule has 15 heavy (non-hydrogen) atoms. The molecule has 0 saturated carbocycles. The first-order valence-corrected chi connectivity index (χ1v) is 5.37. The molecule has 1 aliphatic heterocycles. The maximum atomic E-state index is 11.9. The van der Waals surface area contributed by atoms with E-state index in [-0.39, 0.29) is 11.4 Å². The first kappa shape index (κ1) is 10.1. The Kier molecular flexibility index (Phi) is 2.47. The Balaban J connectivity index is 2.41. The number of rotatable bonds is 2. The maximum Gasteiger partial charge on any atom is 0.170 e. The molecule has 0 spiro atoms. The van der Waals surface area contributed by atoms with E-state index < -0.39 is 0 Å². The number of aromatic nitrogens is 1. The normalized spacial score (nSPS) is 18.1. The van der Waals surface area contributed by atoms with Gasteiger partial charge in [-0.2, -0.15) is 0 Å². The zero-order valence-corrected chi connectivity index (χ0v) is 9.12. The van der Waals surface area contributed by atoms with Gasteiger partial charge < -0.3 is 4.74 Å². The topological polar surface area (TPSA) is 39.2 Å². The quantitative estimate of drug-likeness (QED) is 0.745. The Bertz CT molecular complexity index is 383. The number of carbonyl (C=O) groups is 1. The fraction of sp³-hybridized carbons (Fsp3) is 0.500. The van der Waals surface area contributed by atoms with Crippen LogP contribution in [0.25, 0.3) is 0 Å². The van der Waals surface area contributed by atoms with E-state index in [1.54, 1.807) is 18.5 Å². The van der Waals surface area contributed by atoms with Gasteiger partial charge in [0.05, 0.1) is 18.2 Å². The van der Waals surface area contributed by atoms with E-state index in [2.05, 4.69) is 18.8 Å². The molecule has 0 unspecified atom stereocenters. The molecule has 0 aromatic carbocycles. The van der Waals surface area contributed by atoms with E-state index >= 15 is 0 Å². The minimum atomic E-state index is -0.312. The number of ether oxygens (including phenoxy) is 1. The Morgan fingerprint density at radius 2 is 2.20 bits per heavy atom. The van der Waals surface area contributed by atoms with Crippen LogP contribution in [0.15, 0.2) is 18.5 Å². The van der Waals surface area contributed by atoms with Crippen LogP contribution in [0.4, 0.5) is 0 Å². The van der Waals surface area contributed by atoms with Crippen LogP contribution in [-0.2, 0) is 0 Å². The lowest BCUT2D eigenvalue weighted by atomic mass is 9.86. The number of pyridine rings is 1. The van der Waals surface area contributed by atoms with Gasteiger partial charge in [0.2, 0.25) is 0 Å². The van der Waals surface area contributed by atoms with Gasteiger partial charge in [0.25, 0.3) is 0 Å². The molecule has 3 heteroatoms. The highest BCUT2D eigenvalue weighted by Crippen LogP contribution is 2.36. The molecular formula is C12H15NO2. The van der Waals surface area contributed by atoms with Crippen molar-refractivity contribution in [3.8, 4) is 5.75 Å². The predicted molar refractivity (Wildman–Crippen MR) is 57.1 cm³/mol. The molecule has 0 aliphatic carbocycles. The van der Waals surface area contributed by atoms with Crippen LogP contribution in [0.2, 0.25) is 0 Å². The average molecular weight is 205 g/mol. The SMILES string of the molecule is CCC1(CC)CC(=O)c2ccncc2O1. The number of ketones is 1. The van der Waals surface area contributed by atoms with Gasteiger partial charge >= 0.3 is 0 Å². The van der Waals surface area contributed by atoms with Crippen molar-refractivity contribution >= 4 is 5.78 Å². The predicted octanol–water partition coefficient (Wildman–Crippen LogP) is 2.61. The first-order valence-electron chi connectivity index (χ1n) is 5.37. The first-order chi connectivity index (χ1) is 7.21. The highest BCUT2D eigenvalue weighted by molar-refractivity contribution is 6.00. The Morgan fingerprint density at radius 1 is 1.47 bits per heavy atom. The number of Topliss-reactive ketones (excluding diaryl/α,β-unsaturated/α-hetero) is 1. The zero-order valence-electron chi connectivity index (χ0n) is 9.12. The number of hydrogen-bond acceptors (Lipinski definition) is 3. The summed E-state index contributed by atoms with van der Waals surface area (Å²) in [7, 11) is 0. The zero-order chi connectivity index (χ0) is 10.9. The van der Waals surface area contributed by atoms with Crippen molar-refractivity contribution in [2.75, 3.05) is 0 Å². The Morgan fingerprint density at radius 3 is 2.87 bits per heavy atom. The van der Waals surface area contributed by atoms with E-state index in [0.717, 1.165) is 12.8 Å². The minimum absolute atomic E-state index is 0.169. The van der Waals surface area contributed by atoms with Gasteiger partial charge in [-0.05, 0) is 18.9 Å². The molecule has 1 aromatic rings. The molecule has 0 amide bonds. The molecule has 0 N–H and O–H groups in total. The van der Waals surface area contributed by atoms with Crippen molar-refractivity contribution in [2.24, 2.45) is 0 Å². The summed E-state index contributed by atoms with van der Waals surface area (Å²) in [5, 5.41) is 0. The molecule has 80 valence electrons. The Hall–Kier alpha value is -1.38. The van der Waals surface area contributed by atoms with Gasteiger partial charge in [-0.3, -0.25) is 9.78 Å². The number of fused-ring (bicyclic) bond motifs is 1. The number of carbonyl (C=O) groups excluding carboxylic acids is 1. The lowest BCUT2D eigenvalue weighted by Crippen LogP contribution is -2.40. The third kappa shape index (κ3) is 1.62. The molecule has 0 radical (unpaired) electrons. The van der Waals surface area contributed by atoms with Gasteiger partial charge in [-0.15, -0.1) is 0 Å². The smallest absolute Gasteiger partial charge is 0.170 e. The van der Waals surface area contributed by atoms with E-state index in [1.165, 1.54) is 0 Å². The van der Waals surface area contributed by atoms with Crippen LogP contribution in [-0.4, -0.2) is 16.4 Å². The molecule has 0 fully saturated rings. The molecular weight excluding hydrogens is 190 g/mol. The van der Waals surface area contributed by atoms with Crippen LogP contribution in [0, 0.1) is 0 Å². The average Bonchev–Trinajstić information content (AvgIpc) is 2.29. The second-order valence-electron chi connectivity index (χ2n) is 3.96. The van der Waals surface area contributed by atoms with Crippen LogP contribution in [0.3, 0.4) is 0 Å². The van der Waals surface area contributed by atoms with E-state index in [1.807, 2.05) is 0 Å². The van der Waals surface area contributed by atoms with Crippen molar-refractivity contribution in [2.45, 2.75) is 38.7 Å².